The van der Waals surface area contributed by atoms with Gasteiger partial charge in [-0.3, -0.25) is 0 Å². The van der Waals surface area contributed by atoms with E-state index in [9.17, 15) is 9.90 Å². The number of thioether (sulfide) groups is 1. The molecule has 0 amide bonds. The standard InChI is InChI=1S/C25H18N2O5S2/c1-33-17-6-4-16(5-7-17)25(29)18(10-14-2-9-21-22(11-14)31-13-30-21)23(24(28)32-25)15-3-8-19-20(12-15)27-34-26-19/h2-9,11-12,29H,10,13H2,1H3. The molecule has 0 saturated heterocycles. The van der Waals surface area contributed by atoms with Gasteiger partial charge in [0, 0.05) is 22.5 Å². The Balaban J connectivity index is 1.51. The molecule has 1 N–H and O–H groups in total. The van der Waals surface area contributed by atoms with Crippen LogP contribution in [0.5, 0.6) is 11.5 Å². The van der Waals surface area contributed by atoms with Crippen LogP contribution in [0.3, 0.4) is 0 Å². The lowest BCUT2D eigenvalue weighted by Crippen LogP contribution is -2.29. The molecular weight excluding hydrogens is 472 g/mol. The predicted octanol–water partition coefficient (Wildman–Crippen LogP) is 4.54. The quantitative estimate of drug-likeness (QED) is 0.322. The number of aromatic nitrogens is 2. The third-order valence-corrected chi connectivity index (χ3v) is 7.30. The number of ether oxygens (including phenoxy) is 3. The summed E-state index contributed by atoms with van der Waals surface area (Å²) in [6.07, 6.45) is 2.25. The maximum Gasteiger partial charge on any atom is 0.342 e. The molecule has 1 atom stereocenters. The zero-order valence-electron chi connectivity index (χ0n) is 18.0. The predicted molar refractivity (Wildman–Crippen MR) is 129 cm³/mol. The number of carbonyl (C=O) groups excluding carboxylic acids is 1. The second-order valence-electron chi connectivity index (χ2n) is 7.95. The van der Waals surface area contributed by atoms with E-state index < -0.39 is 11.8 Å². The van der Waals surface area contributed by atoms with Gasteiger partial charge in [0.05, 0.1) is 17.3 Å². The van der Waals surface area contributed by atoms with Crippen molar-refractivity contribution < 1.29 is 24.1 Å². The molecule has 34 heavy (non-hydrogen) atoms. The van der Waals surface area contributed by atoms with E-state index in [1.807, 2.05) is 48.7 Å². The molecule has 0 aliphatic carbocycles. The summed E-state index contributed by atoms with van der Waals surface area (Å²) < 4.78 is 25.2. The number of hydrogen-bond donors (Lipinski definition) is 1. The number of carbonyl (C=O) groups is 1. The Labute approximate surface area is 203 Å². The van der Waals surface area contributed by atoms with Gasteiger partial charge in [-0.1, -0.05) is 24.3 Å². The summed E-state index contributed by atoms with van der Waals surface area (Å²) >= 11 is 2.71. The number of fused-ring (bicyclic) bond motifs is 2. The molecule has 1 aromatic heterocycles. The van der Waals surface area contributed by atoms with Crippen LogP contribution in [0.25, 0.3) is 16.6 Å². The molecule has 2 aliphatic heterocycles. The topological polar surface area (TPSA) is 90.8 Å². The number of hydrogen-bond acceptors (Lipinski definition) is 9. The maximum atomic E-state index is 13.2. The second-order valence-corrected chi connectivity index (χ2v) is 9.36. The van der Waals surface area contributed by atoms with Crippen LogP contribution in [0.1, 0.15) is 16.7 Å². The monoisotopic (exact) mass is 490 g/mol. The molecular formula is C25H18N2O5S2. The fourth-order valence-electron chi connectivity index (χ4n) is 4.28. The van der Waals surface area contributed by atoms with Crippen LogP contribution >= 0.6 is 23.5 Å². The molecule has 7 nitrogen and oxygen atoms in total. The van der Waals surface area contributed by atoms with Gasteiger partial charge in [0.15, 0.2) is 11.5 Å². The van der Waals surface area contributed by atoms with Gasteiger partial charge in [0.2, 0.25) is 6.79 Å². The van der Waals surface area contributed by atoms with Crippen molar-refractivity contribution in [2.24, 2.45) is 0 Å². The van der Waals surface area contributed by atoms with Crippen LogP contribution in [0.4, 0.5) is 0 Å². The van der Waals surface area contributed by atoms with Crippen LogP contribution in [0, 0.1) is 0 Å². The molecule has 0 saturated carbocycles. The van der Waals surface area contributed by atoms with Gasteiger partial charge in [-0.05, 0) is 53.8 Å². The number of nitrogens with zero attached hydrogens (tertiary/aromatic N) is 2. The molecule has 4 aromatic rings. The highest BCUT2D eigenvalue weighted by Gasteiger charge is 2.48. The zero-order chi connectivity index (χ0) is 23.3. The minimum atomic E-state index is -1.91. The first-order chi connectivity index (χ1) is 16.5. The van der Waals surface area contributed by atoms with Crippen molar-refractivity contribution in [1.82, 2.24) is 8.75 Å². The number of benzene rings is 3. The molecule has 0 radical (unpaired) electrons. The van der Waals surface area contributed by atoms with Crippen molar-refractivity contribution in [2.75, 3.05) is 13.0 Å². The summed E-state index contributed by atoms with van der Waals surface area (Å²) in [5.41, 5.74) is 4.18. The maximum absolute atomic E-state index is 13.2. The Morgan fingerprint density at radius 2 is 1.79 bits per heavy atom. The van der Waals surface area contributed by atoms with E-state index in [0.29, 0.717) is 39.3 Å². The molecule has 1 unspecified atom stereocenters. The Kier molecular flexibility index (Phi) is 5.05. The summed E-state index contributed by atoms with van der Waals surface area (Å²) in [6.45, 7) is 0.168. The van der Waals surface area contributed by atoms with Crippen molar-refractivity contribution in [3.63, 3.8) is 0 Å². The van der Waals surface area contributed by atoms with E-state index in [0.717, 1.165) is 27.7 Å². The van der Waals surface area contributed by atoms with Crippen molar-refractivity contribution in [1.29, 1.82) is 0 Å². The van der Waals surface area contributed by atoms with E-state index >= 15 is 0 Å². The summed E-state index contributed by atoms with van der Waals surface area (Å²) in [6, 6.07) is 18.4. The van der Waals surface area contributed by atoms with Gasteiger partial charge in [0.1, 0.15) is 11.0 Å². The minimum Gasteiger partial charge on any atom is -0.454 e. The van der Waals surface area contributed by atoms with Crippen LogP contribution < -0.4 is 9.47 Å². The summed E-state index contributed by atoms with van der Waals surface area (Å²) in [4.78, 5) is 14.3. The van der Waals surface area contributed by atoms with Crippen molar-refractivity contribution in [3.8, 4) is 11.5 Å². The van der Waals surface area contributed by atoms with Gasteiger partial charge in [-0.15, -0.1) is 11.8 Å². The van der Waals surface area contributed by atoms with Gasteiger partial charge >= 0.3 is 5.97 Å². The highest BCUT2D eigenvalue weighted by atomic mass is 32.2. The molecule has 0 spiro atoms. The molecule has 6 rings (SSSR count). The smallest absolute Gasteiger partial charge is 0.342 e. The number of rotatable bonds is 5. The first-order valence-electron chi connectivity index (χ1n) is 10.5. The molecule has 0 fully saturated rings. The van der Waals surface area contributed by atoms with E-state index in [4.69, 9.17) is 14.2 Å². The minimum absolute atomic E-state index is 0.168. The average Bonchev–Trinajstić information content (AvgIpc) is 3.57. The third kappa shape index (κ3) is 3.44. The van der Waals surface area contributed by atoms with Crippen molar-refractivity contribution in [3.05, 3.63) is 82.9 Å². The summed E-state index contributed by atoms with van der Waals surface area (Å²) in [5, 5.41) is 11.8. The Bertz CT molecular complexity index is 1460. The summed E-state index contributed by atoms with van der Waals surface area (Å²) in [7, 11) is 0. The van der Waals surface area contributed by atoms with Crippen LogP contribution in [-0.2, 0) is 21.7 Å². The van der Waals surface area contributed by atoms with Gasteiger partial charge in [-0.25, -0.2) is 4.79 Å². The Morgan fingerprint density at radius 3 is 2.62 bits per heavy atom. The fourth-order valence-corrected chi connectivity index (χ4v) is 5.21. The zero-order valence-corrected chi connectivity index (χ0v) is 19.6. The lowest BCUT2D eigenvalue weighted by Gasteiger charge is -2.26. The molecule has 170 valence electrons. The largest absolute Gasteiger partial charge is 0.454 e. The average molecular weight is 491 g/mol. The molecule has 3 aromatic carbocycles. The van der Waals surface area contributed by atoms with Gasteiger partial charge in [0.25, 0.3) is 5.79 Å². The lowest BCUT2D eigenvalue weighted by atomic mass is 9.88. The fraction of sp³-hybridized carbons (Fsp3) is 0.160. The number of aliphatic hydroxyl groups is 1. The first kappa shape index (κ1) is 21.2. The van der Waals surface area contributed by atoms with Crippen LogP contribution in [0.2, 0.25) is 0 Å². The van der Waals surface area contributed by atoms with Crippen LogP contribution in [0.15, 0.2) is 71.1 Å². The number of esters is 1. The highest BCUT2D eigenvalue weighted by Crippen LogP contribution is 2.46. The van der Waals surface area contributed by atoms with Crippen molar-refractivity contribution in [2.45, 2.75) is 17.1 Å². The van der Waals surface area contributed by atoms with Crippen LogP contribution in [-0.4, -0.2) is 32.9 Å². The SMILES string of the molecule is CSc1ccc(C2(O)OC(=O)C(c3ccc4nsnc4c3)=C2Cc2ccc3c(c2)OCO3)cc1. The van der Waals surface area contributed by atoms with Gasteiger partial charge < -0.3 is 19.3 Å². The van der Waals surface area contributed by atoms with Crippen molar-refractivity contribution >= 4 is 46.1 Å². The van der Waals surface area contributed by atoms with Gasteiger partial charge in [-0.2, -0.15) is 8.75 Å². The molecule has 0 bridgehead atoms. The first-order valence-corrected chi connectivity index (χ1v) is 12.5. The third-order valence-electron chi connectivity index (χ3n) is 6.00. The van der Waals surface area contributed by atoms with E-state index in [1.165, 1.54) is 0 Å². The normalized spacial score (nSPS) is 19.2. The lowest BCUT2D eigenvalue weighted by molar-refractivity contribution is -0.185. The molecule has 3 heterocycles. The van der Waals surface area contributed by atoms with E-state index in [2.05, 4.69) is 8.75 Å². The molecule has 9 heteroatoms. The van der Waals surface area contributed by atoms with E-state index in [-0.39, 0.29) is 13.2 Å². The van der Waals surface area contributed by atoms with E-state index in [1.54, 1.807) is 30.0 Å². The molecule has 2 aliphatic rings. The Hall–Kier alpha value is -3.40. The Morgan fingerprint density at radius 1 is 1.00 bits per heavy atom. The number of cyclic esters (lactones) is 1. The highest BCUT2D eigenvalue weighted by molar-refractivity contribution is 7.98. The summed E-state index contributed by atoms with van der Waals surface area (Å²) in [5.74, 6) is -1.20. The second kappa shape index (κ2) is 8.12.